The zero-order chi connectivity index (χ0) is 17.7. The molecule has 7 nitrogen and oxygen atoms in total. The van der Waals surface area contributed by atoms with E-state index in [0.717, 1.165) is 25.9 Å². The molecule has 2 saturated heterocycles. The van der Waals surface area contributed by atoms with Crippen LogP contribution in [0.25, 0.3) is 0 Å². The minimum absolute atomic E-state index is 0.120. The van der Waals surface area contributed by atoms with Crippen molar-refractivity contribution in [3.63, 3.8) is 0 Å². The molecule has 0 bridgehead atoms. The van der Waals surface area contributed by atoms with E-state index in [9.17, 15) is 9.59 Å². The zero-order valence-corrected chi connectivity index (χ0v) is 14.5. The number of amides is 1. The van der Waals surface area contributed by atoms with Gasteiger partial charge in [-0.15, -0.1) is 0 Å². The summed E-state index contributed by atoms with van der Waals surface area (Å²) in [6.45, 7) is 3.71. The van der Waals surface area contributed by atoms with Crippen LogP contribution in [0.2, 0.25) is 0 Å². The third-order valence-electron chi connectivity index (χ3n) is 4.69. The number of rotatable bonds is 5. The van der Waals surface area contributed by atoms with E-state index in [1.807, 2.05) is 0 Å². The first-order chi connectivity index (χ1) is 12.1. The maximum atomic E-state index is 12.2. The molecule has 2 aliphatic heterocycles. The predicted molar refractivity (Wildman–Crippen MR) is 91.3 cm³/mol. The van der Waals surface area contributed by atoms with Crippen molar-refractivity contribution in [1.82, 2.24) is 4.90 Å². The SMILES string of the molecule is COC(=O)c1ccccc1NC(=O)CCN1CCC2(CC1)OCCO2. The summed E-state index contributed by atoms with van der Waals surface area (Å²) in [5.41, 5.74) is 0.832. The number of anilines is 1. The zero-order valence-electron chi connectivity index (χ0n) is 14.5. The van der Waals surface area contributed by atoms with Crippen molar-refractivity contribution in [2.45, 2.75) is 25.0 Å². The van der Waals surface area contributed by atoms with Gasteiger partial charge in [-0.05, 0) is 12.1 Å². The Morgan fingerprint density at radius 2 is 1.88 bits per heavy atom. The van der Waals surface area contributed by atoms with Gasteiger partial charge in [-0.1, -0.05) is 12.1 Å². The molecular weight excluding hydrogens is 324 g/mol. The van der Waals surface area contributed by atoms with Gasteiger partial charge in [0.2, 0.25) is 5.91 Å². The average molecular weight is 348 g/mol. The minimum atomic E-state index is -0.464. The molecule has 2 heterocycles. The van der Waals surface area contributed by atoms with Crippen molar-refractivity contribution < 1.29 is 23.8 Å². The van der Waals surface area contributed by atoms with Crippen molar-refractivity contribution in [2.24, 2.45) is 0 Å². The van der Waals surface area contributed by atoms with Gasteiger partial charge in [0, 0.05) is 38.9 Å². The molecule has 0 aliphatic carbocycles. The lowest BCUT2D eigenvalue weighted by molar-refractivity contribution is -0.185. The smallest absolute Gasteiger partial charge is 0.339 e. The van der Waals surface area contributed by atoms with Gasteiger partial charge < -0.3 is 24.4 Å². The molecule has 7 heteroatoms. The van der Waals surface area contributed by atoms with Crippen LogP contribution in [0.4, 0.5) is 5.69 Å². The predicted octanol–water partition coefficient (Wildman–Crippen LogP) is 1.64. The number of benzene rings is 1. The number of methoxy groups -OCH3 is 1. The highest BCUT2D eigenvalue weighted by Crippen LogP contribution is 2.31. The summed E-state index contributed by atoms with van der Waals surface area (Å²) < 4.78 is 16.2. The molecule has 1 spiro atoms. The van der Waals surface area contributed by atoms with Crippen LogP contribution >= 0.6 is 0 Å². The van der Waals surface area contributed by atoms with Gasteiger partial charge in [0.15, 0.2) is 5.79 Å². The van der Waals surface area contributed by atoms with E-state index >= 15 is 0 Å². The third-order valence-corrected chi connectivity index (χ3v) is 4.69. The lowest BCUT2D eigenvalue weighted by Crippen LogP contribution is -2.45. The Labute approximate surface area is 147 Å². The first-order valence-electron chi connectivity index (χ1n) is 8.59. The Balaban J connectivity index is 1.47. The quantitative estimate of drug-likeness (QED) is 0.815. The van der Waals surface area contributed by atoms with Crippen LogP contribution in [0, 0.1) is 0 Å². The monoisotopic (exact) mass is 348 g/mol. The summed E-state index contributed by atoms with van der Waals surface area (Å²) in [4.78, 5) is 26.2. The molecule has 0 saturated carbocycles. The summed E-state index contributed by atoms with van der Waals surface area (Å²) in [5, 5.41) is 2.80. The standard InChI is InChI=1S/C18H24N2O5/c1-23-17(22)14-4-2-3-5-15(14)19-16(21)6-9-20-10-7-18(8-11-20)24-12-13-25-18/h2-5H,6-13H2,1H3,(H,19,21). The molecule has 25 heavy (non-hydrogen) atoms. The van der Waals surface area contributed by atoms with Crippen LogP contribution in [0.1, 0.15) is 29.6 Å². The number of esters is 1. The van der Waals surface area contributed by atoms with Gasteiger partial charge in [-0.25, -0.2) is 4.79 Å². The second kappa shape index (κ2) is 7.95. The van der Waals surface area contributed by atoms with Crippen LogP contribution in [0.5, 0.6) is 0 Å². The third kappa shape index (κ3) is 4.36. The summed E-state index contributed by atoms with van der Waals surface area (Å²) in [5.74, 6) is -0.975. The summed E-state index contributed by atoms with van der Waals surface area (Å²) in [7, 11) is 1.32. The molecule has 1 N–H and O–H groups in total. The fraction of sp³-hybridized carbons (Fsp3) is 0.556. The Hall–Kier alpha value is -1.96. The molecule has 0 unspecified atom stereocenters. The molecule has 1 aromatic carbocycles. The molecule has 2 aliphatic rings. The number of para-hydroxylation sites is 1. The average Bonchev–Trinajstić information content (AvgIpc) is 3.09. The number of carbonyl (C=O) groups excluding carboxylic acids is 2. The molecule has 0 aromatic heterocycles. The van der Waals surface area contributed by atoms with Gasteiger partial charge in [-0.2, -0.15) is 0 Å². The van der Waals surface area contributed by atoms with Crippen molar-refractivity contribution in [3.05, 3.63) is 29.8 Å². The fourth-order valence-corrected chi connectivity index (χ4v) is 3.26. The van der Waals surface area contributed by atoms with E-state index in [2.05, 4.69) is 10.2 Å². The van der Waals surface area contributed by atoms with Gasteiger partial charge in [0.25, 0.3) is 0 Å². The topological polar surface area (TPSA) is 77.1 Å². The number of ether oxygens (including phenoxy) is 3. The second-order valence-corrected chi connectivity index (χ2v) is 6.28. The van der Waals surface area contributed by atoms with E-state index in [-0.39, 0.29) is 5.91 Å². The largest absolute Gasteiger partial charge is 0.465 e. The first kappa shape index (κ1) is 17.8. The molecule has 1 aromatic rings. The normalized spacial score (nSPS) is 19.7. The first-order valence-corrected chi connectivity index (χ1v) is 8.59. The summed E-state index contributed by atoms with van der Waals surface area (Å²) >= 11 is 0. The number of piperidine rings is 1. The van der Waals surface area contributed by atoms with Gasteiger partial charge in [0.05, 0.1) is 31.6 Å². The Kier molecular flexibility index (Phi) is 5.67. The molecule has 0 atom stereocenters. The van der Waals surface area contributed by atoms with E-state index in [0.29, 0.717) is 37.4 Å². The van der Waals surface area contributed by atoms with Crippen LogP contribution in [0.15, 0.2) is 24.3 Å². The van der Waals surface area contributed by atoms with Gasteiger partial charge in [-0.3, -0.25) is 4.79 Å². The van der Waals surface area contributed by atoms with Crippen molar-refractivity contribution >= 4 is 17.6 Å². The Bertz CT molecular complexity index is 618. The molecule has 0 radical (unpaired) electrons. The van der Waals surface area contributed by atoms with Crippen LogP contribution < -0.4 is 5.32 Å². The number of hydrogen-bond acceptors (Lipinski definition) is 6. The maximum Gasteiger partial charge on any atom is 0.339 e. The van der Waals surface area contributed by atoms with Gasteiger partial charge >= 0.3 is 5.97 Å². The van der Waals surface area contributed by atoms with E-state index < -0.39 is 11.8 Å². The number of likely N-dealkylation sites (tertiary alicyclic amines) is 1. The highest BCUT2D eigenvalue weighted by molar-refractivity contribution is 6.01. The number of hydrogen-bond donors (Lipinski definition) is 1. The molecule has 136 valence electrons. The minimum Gasteiger partial charge on any atom is -0.465 e. The lowest BCUT2D eigenvalue weighted by Gasteiger charge is -2.37. The number of carbonyl (C=O) groups is 2. The number of nitrogens with one attached hydrogen (secondary N) is 1. The second-order valence-electron chi connectivity index (χ2n) is 6.28. The van der Waals surface area contributed by atoms with Gasteiger partial charge in [0.1, 0.15) is 0 Å². The Morgan fingerprint density at radius 1 is 1.20 bits per heavy atom. The van der Waals surface area contributed by atoms with Crippen LogP contribution in [-0.2, 0) is 19.0 Å². The fourth-order valence-electron chi connectivity index (χ4n) is 3.26. The van der Waals surface area contributed by atoms with Crippen molar-refractivity contribution in [1.29, 1.82) is 0 Å². The lowest BCUT2D eigenvalue weighted by atomic mass is 10.0. The molecule has 3 rings (SSSR count). The molecular formula is C18H24N2O5. The molecule has 1 amide bonds. The number of nitrogens with zero attached hydrogens (tertiary/aromatic N) is 1. The van der Waals surface area contributed by atoms with Crippen LogP contribution in [-0.4, -0.2) is 62.5 Å². The van der Waals surface area contributed by atoms with E-state index in [1.54, 1.807) is 24.3 Å². The van der Waals surface area contributed by atoms with Crippen molar-refractivity contribution in [3.8, 4) is 0 Å². The highest BCUT2D eigenvalue weighted by atomic mass is 16.7. The summed E-state index contributed by atoms with van der Waals surface area (Å²) in [6.07, 6.45) is 2.03. The molecule has 2 fully saturated rings. The van der Waals surface area contributed by atoms with E-state index in [1.165, 1.54) is 7.11 Å². The summed E-state index contributed by atoms with van der Waals surface area (Å²) in [6, 6.07) is 6.84. The van der Waals surface area contributed by atoms with Crippen LogP contribution in [0.3, 0.4) is 0 Å². The van der Waals surface area contributed by atoms with Crippen molar-refractivity contribution in [2.75, 3.05) is 45.3 Å². The highest BCUT2D eigenvalue weighted by Gasteiger charge is 2.39. The van der Waals surface area contributed by atoms with E-state index in [4.69, 9.17) is 14.2 Å². The Morgan fingerprint density at radius 3 is 2.56 bits per heavy atom. The maximum absolute atomic E-state index is 12.2.